The fourth-order valence-corrected chi connectivity index (χ4v) is 3.28. The molecule has 122 valence electrons. The first kappa shape index (κ1) is 17.1. The van der Waals surface area contributed by atoms with E-state index in [-0.39, 0.29) is 17.4 Å². The van der Waals surface area contributed by atoms with E-state index in [0.29, 0.717) is 34.6 Å². The highest BCUT2D eigenvalue weighted by Crippen LogP contribution is 2.36. The predicted molar refractivity (Wildman–Crippen MR) is 89.5 cm³/mol. The maximum Gasteiger partial charge on any atom is 0.254 e. The number of nitrogens with two attached hydrogens (primary N) is 1. The van der Waals surface area contributed by atoms with E-state index < -0.39 is 0 Å². The molecule has 1 unspecified atom stereocenters. The normalized spacial score (nSPS) is 20.6. The highest BCUT2D eigenvalue weighted by molar-refractivity contribution is 9.10. The Balaban J connectivity index is 2.30. The number of hydrogen-bond donors (Lipinski definition) is 1. The van der Waals surface area contributed by atoms with Crippen molar-refractivity contribution >= 4 is 21.8 Å². The molecule has 1 aromatic carbocycles. The predicted octanol–water partition coefficient (Wildman–Crippen LogP) is 2.67. The van der Waals surface area contributed by atoms with Gasteiger partial charge in [0, 0.05) is 24.7 Å². The second-order valence-electron chi connectivity index (χ2n) is 6.31. The fraction of sp³-hybridized carbons (Fsp3) is 0.562. The highest BCUT2D eigenvalue weighted by Gasteiger charge is 2.35. The van der Waals surface area contributed by atoms with E-state index in [1.54, 1.807) is 26.4 Å². The molecule has 1 aromatic rings. The van der Waals surface area contributed by atoms with Gasteiger partial charge in [-0.3, -0.25) is 4.79 Å². The van der Waals surface area contributed by atoms with E-state index >= 15 is 0 Å². The van der Waals surface area contributed by atoms with Gasteiger partial charge < -0.3 is 20.1 Å². The third-order valence-corrected chi connectivity index (χ3v) is 5.07. The first-order valence-electron chi connectivity index (χ1n) is 7.26. The van der Waals surface area contributed by atoms with Crippen molar-refractivity contribution in [1.82, 2.24) is 4.90 Å². The second kappa shape index (κ2) is 6.46. The lowest BCUT2D eigenvalue weighted by Gasteiger charge is -2.42. The summed E-state index contributed by atoms with van der Waals surface area (Å²) in [4.78, 5) is 14.7. The molecule has 1 fully saturated rings. The summed E-state index contributed by atoms with van der Waals surface area (Å²) in [5, 5.41) is 0. The largest absolute Gasteiger partial charge is 0.495 e. The standard InChI is InChI=1S/C16H23BrN2O3/c1-16(2)9-19(6-5-13(16)18)15(20)10-7-11(21-3)14(17)12(8-10)22-4/h7-8,13H,5-6,9,18H2,1-4H3. The Labute approximate surface area is 139 Å². The van der Waals surface area contributed by atoms with Gasteiger partial charge in [0.15, 0.2) is 0 Å². The van der Waals surface area contributed by atoms with Crippen LogP contribution in [0.15, 0.2) is 16.6 Å². The van der Waals surface area contributed by atoms with E-state index in [4.69, 9.17) is 15.2 Å². The minimum atomic E-state index is -0.0859. The third kappa shape index (κ3) is 3.22. The van der Waals surface area contributed by atoms with E-state index in [9.17, 15) is 4.79 Å². The van der Waals surface area contributed by atoms with Gasteiger partial charge in [-0.1, -0.05) is 13.8 Å². The highest BCUT2D eigenvalue weighted by atomic mass is 79.9. The molecular weight excluding hydrogens is 348 g/mol. The summed E-state index contributed by atoms with van der Waals surface area (Å²) in [6.45, 7) is 5.51. The van der Waals surface area contributed by atoms with Crippen molar-refractivity contribution < 1.29 is 14.3 Å². The molecule has 0 spiro atoms. The molecule has 0 bridgehead atoms. The monoisotopic (exact) mass is 370 g/mol. The van der Waals surface area contributed by atoms with Crippen LogP contribution in [0.25, 0.3) is 0 Å². The molecule has 0 aliphatic carbocycles. The van der Waals surface area contributed by atoms with Crippen LogP contribution in [0.3, 0.4) is 0 Å². The number of piperidine rings is 1. The zero-order chi connectivity index (χ0) is 16.5. The Bertz CT molecular complexity index is 550. The van der Waals surface area contributed by atoms with Gasteiger partial charge in [-0.15, -0.1) is 0 Å². The van der Waals surface area contributed by atoms with Crippen molar-refractivity contribution in [2.75, 3.05) is 27.3 Å². The molecule has 1 heterocycles. The second-order valence-corrected chi connectivity index (χ2v) is 7.10. The van der Waals surface area contributed by atoms with Gasteiger partial charge in [-0.25, -0.2) is 0 Å². The SMILES string of the molecule is COc1cc(C(=O)N2CCC(N)C(C)(C)C2)cc(OC)c1Br. The van der Waals surface area contributed by atoms with Crippen molar-refractivity contribution in [2.24, 2.45) is 11.1 Å². The zero-order valence-electron chi connectivity index (χ0n) is 13.5. The summed E-state index contributed by atoms with van der Waals surface area (Å²) in [6, 6.07) is 3.58. The number of ether oxygens (including phenoxy) is 2. The lowest BCUT2D eigenvalue weighted by Crippen LogP contribution is -2.54. The van der Waals surface area contributed by atoms with Crippen molar-refractivity contribution in [2.45, 2.75) is 26.3 Å². The molecule has 2 rings (SSSR count). The molecule has 5 nitrogen and oxygen atoms in total. The number of nitrogens with zero attached hydrogens (tertiary/aromatic N) is 1. The smallest absolute Gasteiger partial charge is 0.254 e. The summed E-state index contributed by atoms with van der Waals surface area (Å²) in [5.74, 6) is 1.13. The van der Waals surface area contributed by atoms with Gasteiger partial charge in [0.2, 0.25) is 0 Å². The van der Waals surface area contributed by atoms with Crippen LogP contribution in [0, 0.1) is 5.41 Å². The van der Waals surface area contributed by atoms with Crippen molar-refractivity contribution in [3.63, 3.8) is 0 Å². The van der Waals surface area contributed by atoms with Gasteiger partial charge in [-0.05, 0) is 39.9 Å². The summed E-state index contributed by atoms with van der Waals surface area (Å²) in [7, 11) is 3.13. The fourth-order valence-electron chi connectivity index (χ4n) is 2.72. The number of amides is 1. The van der Waals surface area contributed by atoms with Crippen LogP contribution in [0.4, 0.5) is 0 Å². The molecular formula is C16H23BrN2O3. The van der Waals surface area contributed by atoms with Gasteiger partial charge in [-0.2, -0.15) is 0 Å². The van der Waals surface area contributed by atoms with E-state index in [0.717, 1.165) is 6.42 Å². The van der Waals surface area contributed by atoms with Crippen molar-refractivity contribution in [3.8, 4) is 11.5 Å². The van der Waals surface area contributed by atoms with Crippen LogP contribution in [-0.4, -0.2) is 44.2 Å². The molecule has 0 aromatic heterocycles. The van der Waals surface area contributed by atoms with Gasteiger partial charge >= 0.3 is 0 Å². The number of likely N-dealkylation sites (tertiary alicyclic amines) is 1. The Morgan fingerprint density at radius 2 is 1.86 bits per heavy atom. The molecule has 1 aliphatic rings. The van der Waals surface area contributed by atoms with Gasteiger partial charge in [0.05, 0.1) is 14.2 Å². The molecule has 1 atom stereocenters. The van der Waals surface area contributed by atoms with Crippen LogP contribution in [-0.2, 0) is 0 Å². The number of rotatable bonds is 3. The van der Waals surface area contributed by atoms with E-state index in [1.165, 1.54) is 0 Å². The molecule has 2 N–H and O–H groups in total. The summed E-state index contributed by atoms with van der Waals surface area (Å²) in [5.41, 5.74) is 6.61. The van der Waals surface area contributed by atoms with Gasteiger partial charge in [0.25, 0.3) is 5.91 Å². The Morgan fingerprint density at radius 3 is 2.32 bits per heavy atom. The summed E-state index contributed by atoms with van der Waals surface area (Å²) < 4.78 is 11.3. The maximum atomic E-state index is 12.8. The molecule has 22 heavy (non-hydrogen) atoms. The topological polar surface area (TPSA) is 64.8 Å². The third-order valence-electron chi connectivity index (χ3n) is 4.29. The number of methoxy groups -OCH3 is 2. The first-order valence-corrected chi connectivity index (χ1v) is 8.06. The number of halogens is 1. The first-order chi connectivity index (χ1) is 10.3. The van der Waals surface area contributed by atoms with Crippen molar-refractivity contribution in [1.29, 1.82) is 0 Å². The molecule has 6 heteroatoms. The number of carbonyl (C=O) groups is 1. The average molecular weight is 371 g/mol. The summed E-state index contributed by atoms with van der Waals surface area (Å²) in [6.07, 6.45) is 0.809. The minimum absolute atomic E-state index is 0.0240. The Kier molecular flexibility index (Phi) is 5.02. The van der Waals surface area contributed by atoms with Crippen LogP contribution in [0.5, 0.6) is 11.5 Å². The lowest BCUT2D eigenvalue weighted by molar-refractivity contribution is 0.0532. The van der Waals surface area contributed by atoms with Crippen LogP contribution in [0.1, 0.15) is 30.6 Å². The van der Waals surface area contributed by atoms with Crippen molar-refractivity contribution in [3.05, 3.63) is 22.2 Å². The maximum absolute atomic E-state index is 12.8. The van der Waals surface area contributed by atoms with E-state index in [1.807, 2.05) is 4.90 Å². The van der Waals surface area contributed by atoms with Gasteiger partial charge in [0.1, 0.15) is 16.0 Å². The lowest BCUT2D eigenvalue weighted by atomic mass is 9.79. The average Bonchev–Trinajstić information content (AvgIpc) is 2.49. The number of carbonyl (C=O) groups excluding carboxylic acids is 1. The van der Waals surface area contributed by atoms with Crippen LogP contribution < -0.4 is 15.2 Å². The number of hydrogen-bond acceptors (Lipinski definition) is 4. The Morgan fingerprint density at radius 1 is 1.32 bits per heavy atom. The number of benzene rings is 1. The molecule has 1 saturated heterocycles. The van der Waals surface area contributed by atoms with E-state index in [2.05, 4.69) is 29.8 Å². The Hall–Kier alpha value is -1.27. The quantitative estimate of drug-likeness (QED) is 0.887. The molecule has 0 saturated carbocycles. The molecule has 0 radical (unpaired) electrons. The molecule has 1 amide bonds. The minimum Gasteiger partial charge on any atom is -0.495 e. The zero-order valence-corrected chi connectivity index (χ0v) is 15.1. The van der Waals surface area contributed by atoms with Crippen LogP contribution in [0.2, 0.25) is 0 Å². The van der Waals surface area contributed by atoms with Crippen LogP contribution >= 0.6 is 15.9 Å². The summed E-state index contributed by atoms with van der Waals surface area (Å²) >= 11 is 3.42. The molecule has 1 aliphatic heterocycles.